The molecule has 5 aliphatic carbocycles. The van der Waals surface area contributed by atoms with Gasteiger partial charge in [0.2, 0.25) is 0 Å². The fourth-order valence-electron chi connectivity index (χ4n) is 6.11. The number of hydrogen-bond acceptors (Lipinski definition) is 2. The van der Waals surface area contributed by atoms with Crippen molar-refractivity contribution in [2.75, 3.05) is 13.2 Å². The maximum absolute atomic E-state index is 9.76. The smallest absolute Gasteiger partial charge is 0.0499 e. The van der Waals surface area contributed by atoms with Gasteiger partial charge in [-0.05, 0) is 68.6 Å². The zero-order valence-corrected chi connectivity index (χ0v) is 12.1. The third-order valence-corrected chi connectivity index (χ3v) is 6.94. The molecule has 108 valence electrons. The second-order valence-corrected chi connectivity index (χ2v) is 8.20. The van der Waals surface area contributed by atoms with E-state index in [4.69, 9.17) is 0 Å². The number of nitrogens with one attached hydrogen (secondary N) is 1. The summed E-state index contributed by atoms with van der Waals surface area (Å²) >= 11 is 0. The van der Waals surface area contributed by atoms with Crippen molar-refractivity contribution in [2.45, 2.75) is 63.8 Å². The van der Waals surface area contributed by atoms with Gasteiger partial charge in [0.15, 0.2) is 0 Å². The van der Waals surface area contributed by atoms with E-state index in [1.165, 1.54) is 51.4 Å². The molecule has 0 aromatic carbocycles. The summed E-state index contributed by atoms with van der Waals surface area (Å²) in [5.41, 5.74) is 0.231. The first-order chi connectivity index (χ1) is 9.28. The van der Waals surface area contributed by atoms with Gasteiger partial charge in [-0.25, -0.2) is 0 Å². The second-order valence-electron chi connectivity index (χ2n) is 8.20. The molecule has 0 heterocycles. The first-order valence-corrected chi connectivity index (χ1v) is 8.62. The molecule has 0 aromatic rings. The van der Waals surface area contributed by atoms with Gasteiger partial charge in [-0.2, -0.15) is 0 Å². The molecule has 0 radical (unpaired) electrons. The minimum atomic E-state index is 0.231. The Hall–Kier alpha value is -0.0800. The zero-order valence-electron chi connectivity index (χ0n) is 12.1. The van der Waals surface area contributed by atoms with Crippen molar-refractivity contribution in [2.24, 2.45) is 29.1 Å². The van der Waals surface area contributed by atoms with Crippen molar-refractivity contribution in [1.29, 1.82) is 0 Å². The van der Waals surface area contributed by atoms with Crippen molar-refractivity contribution in [1.82, 2.24) is 5.32 Å². The summed E-state index contributed by atoms with van der Waals surface area (Å²) in [7, 11) is 0. The van der Waals surface area contributed by atoms with Crippen molar-refractivity contribution in [3.05, 3.63) is 0 Å². The van der Waals surface area contributed by atoms with E-state index in [0.717, 1.165) is 36.3 Å². The topological polar surface area (TPSA) is 32.3 Å². The lowest BCUT2D eigenvalue weighted by molar-refractivity contribution is -0.0195. The lowest BCUT2D eigenvalue weighted by Crippen LogP contribution is -2.56. The van der Waals surface area contributed by atoms with Crippen LogP contribution in [0.4, 0.5) is 0 Å². The van der Waals surface area contributed by atoms with E-state index in [0.29, 0.717) is 6.61 Å². The molecule has 2 heteroatoms. The quantitative estimate of drug-likeness (QED) is 0.817. The van der Waals surface area contributed by atoms with Crippen LogP contribution in [0.15, 0.2) is 0 Å². The van der Waals surface area contributed by atoms with Gasteiger partial charge >= 0.3 is 0 Å². The first kappa shape index (κ1) is 12.6. The van der Waals surface area contributed by atoms with Gasteiger partial charge in [-0.1, -0.05) is 12.8 Å². The van der Waals surface area contributed by atoms with Gasteiger partial charge < -0.3 is 10.4 Å². The Balaban J connectivity index is 1.40. The molecule has 2 N–H and O–H groups in total. The van der Waals surface area contributed by atoms with E-state index in [9.17, 15) is 5.11 Å². The summed E-state index contributed by atoms with van der Waals surface area (Å²) in [6, 6.07) is 0.789. The lowest BCUT2D eigenvalue weighted by Gasteiger charge is -2.55. The Labute approximate surface area is 117 Å². The Morgan fingerprint density at radius 1 is 0.895 bits per heavy atom. The van der Waals surface area contributed by atoms with Crippen molar-refractivity contribution in [3.63, 3.8) is 0 Å². The molecule has 5 rings (SSSR count). The van der Waals surface area contributed by atoms with Gasteiger partial charge in [0.1, 0.15) is 0 Å². The standard InChI is InChI=1S/C17H29NO/c19-11-17(3-1-2-4-17)10-18-16-14-6-12-5-13(8-14)9-15(16)7-12/h12-16,18-19H,1-11H2. The normalized spacial score (nSPS) is 46.9. The molecular weight excluding hydrogens is 234 g/mol. The Bertz CT molecular complexity index is 306. The van der Waals surface area contributed by atoms with E-state index in [1.807, 2.05) is 0 Å². The van der Waals surface area contributed by atoms with E-state index >= 15 is 0 Å². The lowest BCUT2D eigenvalue weighted by atomic mass is 9.54. The second kappa shape index (κ2) is 4.73. The van der Waals surface area contributed by atoms with Crippen molar-refractivity contribution < 1.29 is 5.11 Å². The Kier molecular flexibility index (Phi) is 3.15. The molecule has 0 saturated heterocycles. The van der Waals surface area contributed by atoms with Gasteiger partial charge in [-0.3, -0.25) is 0 Å². The van der Waals surface area contributed by atoms with Gasteiger partial charge in [-0.15, -0.1) is 0 Å². The highest BCUT2D eigenvalue weighted by Crippen LogP contribution is 2.54. The SMILES string of the molecule is OCC1(CNC2C3CC4CC(C3)CC2C4)CCCC1. The number of aliphatic hydroxyl groups excluding tert-OH is 1. The summed E-state index contributed by atoms with van der Waals surface area (Å²) in [6.45, 7) is 1.48. The molecule has 0 aromatic heterocycles. The molecule has 0 amide bonds. The Morgan fingerprint density at radius 3 is 2.00 bits per heavy atom. The molecule has 4 bridgehead atoms. The van der Waals surface area contributed by atoms with Crippen LogP contribution in [0.5, 0.6) is 0 Å². The molecule has 5 fully saturated rings. The van der Waals surface area contributed by atoms with Crippen LogP contribution in [0.1, 0.15) is 57.8 Å². The van der Waals surface area contributed by atoms with E-state index in [1.54, 1.807) is 6.42 Å². The van der Waals surface area contributed by atoms with Crippen LogP contribution in [0, 0.1) is 29.1 Å². The minimum absolute atomic E-state index is 0.231. The number of aliphatic hydroxyl groups is 1. The largest absolute Gasteiger partial charge is 0.396 e. The molecule has 0 aliphatic heterocycles. The maximum Gasteiger partial charge on any atom is 0.0499 e. The van der Waals surface area contributed by atoms with Crippen molar-refractivity contribution in [3.8, 4) is 0 Å². The maximum atomic E-state index is 9.76. The van der Waals surface area contributed by atoms with Crippen LogP contribution in [0.3, 0.4) is 0 Å². The van der Waals surface area contributed by atoms with E-state index in [2.05, 4.69) is 5.32 Å². The summed E-state index contributed by atoms with van der Waals surface area (Å²) < 4.78 is 0. The van der Waals surface area contributed by atoms with Crippen LogP contribution in [0.2, 0.25) is 0 Å². The third kappa shape index (κ3) is 2.15. The minimum Gasteiger partial charge on any atom is -0.396 e. The molecular formula is C17H29NO. The Morgan fingerprint density at radius 2 is 1.47 bits per heavy atom. The molecule has 2 nitrogen and oxygen atoms in total. The molecule has 0 unspecified atom stereocenters. The van der Waals surface area contributed by atoms with E-state index in [-0.39, 0.29) is 5.41 Å². The van der Waals surface area contributed by atoms with E-state index < -0.39 is 0 Å². The fourth-order valence-corrected chi connectivity index (χ4v) is 6.11. The first-order valence-electron chi connectivity index (χ1n) is 8.62. The van der Waals surface area contributed by atoms with Gasteiger partial charge in [0.05, 0.1) is 0 Å². The highest BCUT2D eigenvalue weighted by molar-refractivity contribution is 5.02. The average molecular weight is 263 g/mol. The summed E-state index contributed by atoms with van der Waals surface area (Å²) in [5.74, 6) is 4.07. The average Bonchev–Trinajstić information content (AvgIpc) is 2.86. The highest BCUT2D eigenvalue weighted by Gasteiger charge is 2.48. The van der Waals surface area contributed by atoms with Crippen LogP contribution >= 0.6 is 0 Å². The molecule has 19 heavy (non-hydrogen) atoms. The molecule has 5 saturated carbocycles. The van der Waals surface area contributed by atoms with Gasteiger partial charge in [0, 0.05) is 24.6 Å². The van der Waals surface area contributed by atoms with Crippen LogP contribution in [-0.2, 0) is 0 Å². The molecule has 5 aliphatic rings. The van der Waals surface area contributed by atoms with Crippen LogP contribution in [0.25, 0.3) is 0 Å². The summed E-state index contributed by atoms with van der Waals surface area (Å²) in [6.07, 6.45) is 12.7. The van der Waals surface area contributed by atoms with Crippen LogP contribution < -0.4 is 5.32 Å². The van der Waals surface area contributed by atoms with Gasteiger partial charge in [0.25, 0.3) is 0 Å². The van der Waals surface area contributed by atoms with Crippen molar-refractivity contribution >= 4 is 0 Å². The highest BCUT2D eigenvalue weighted by atomic mass is 16.3. The fraction of sp³-hybridized carbons (Fsp3) is 1.00. The predicted molar refractivity (Wildman–Crippen MR) is 76.8 cm³/mol. The third-order valence-electron chi connectivity index (χ3n) is 6.94. The monoisotopic (exact) mass is 263 g/mol. The summed E-state index contributed by atoms with van der Waals surface area (Å²) in [4.78, 5) is 0. The molecule has 0 atom stereocenters. The zero-order chi connectivity index (χ0) is 12.9. The predicted octanol–water partition coefficient (Wildman–Crippen LogP) is 2.95. The summed E-state index contributed by atoms with van der Waals surface area (Å²) in [5, 5.41) is 13.7. The molecule has 0 spiro atoms. The number of rotatable bonds is 4. The van der Waals surface area contributed by atoms with Crippen LogP contribution in [-0.4, -0.2) is 24.3 Å². The number of hydrogen-bond donors (Lipinski definition) is 2.